The molecule has 0 aromatic rings. The van der Waals surface area contributed by atoms with E-state index in [0.717, 1.165) is 41.5 Å². The molecule has 0 aromatic heterocycles. The van der Waals surface area contributed by atoms with E-state index < -0.39 is 0 Å². The predicted molar refractivity (Wildman–Crippen MR) is 137 cm³/mol. The molecule has 1 fully saturated rings. The summed E-state index contributed by atoms with van der Waals surface area (Å²) in [5.41, 5.74) is 0. The second kappa shape index (κ2) is 15.7. The monoisotopic (exact) mass is 421 g/mol. The largest absolute Gasteiger partial charge is 0.311 e. The van der Waals surface area contributed by atoms with Crippen molar-refractivity contribution in [2.45, 2.75) is 151 Å². The molecule has 1 rings (SSSR count). The highest BCUT2D eigenvalue weighted by atomic mass is 15.0. The first kappa shape index (κ1) is 28.0. The van der Waals surface area contributed by atoms with Crippen LogP contribution in [0.25, 0.3) is 0 Å². The quantitative estimate of drug-likeness (QED) is 0.262. The molecule has 0 heterocycles. The van der Waals surface area contributed by atoms with E-state index >= 15 is 0 Å². The van der Waals surface area contributed by atoms with E-state index in [2.05, 4.69) is 60.7 Å². The molecular formula is C29H59N. The summed E-state index contributed by atoms with van der Waals surface area (Å²) in [6.07, 6.45) is 18.3. The van der Waals surface area contributed by atoms with E-state index in [0.29, 0.717) is 6.04 Å². The lowest BCUT2D eigenvalue weighted by Crippen LogP contribution is -2.43. The molecule has 0 radical (unpaired) electrons. The van der Waals surface area contributed by atoms with Crippen LogP contribution in [0.2, 0.25) is 0 Å². The summed E-state index contributed by atoms with van der Waals surface area (Å²) in [7, 11) is 0. The van der Waals surface area contributed by atoms with Crippen LogP contribution in [0.4, 0.5) is 0 Å². The lowest BCUT2D eigenvalue weighted by molar-refractivity contribution is 0.188. The molecule has 180 valence electrons. The number of hydrogen-bond acceptors (Lipinski definition) is 1. The first-order valence-electron chi connectivity index (χ1n) is 14.1. The van der Waals surface area contributed by atoms with Crippen LogP contribution in [-0.2, 0) is 0 Å². The second-order valence-electron chi connectivity index (χ2n) is 11.7. The Bertz CT molecular complexity index is 403. The summed E-state index contributed by atoms with van der Waals surface area (Å²) >= 11 is 0. The van der Waals surface area contributed by atoms with E-state index in [4.69, 9.17) is 0 Å². The first-order valence-corrected chi connectivity index (χ1v) is 14.1. The molecular weight excluding hydrogens is 362 g/mol. The molecule has 7 unspecified atom stereocenters. The summed E-state index contributed by atoms with van der Waals surface area (Å²) < 4.78 is 0. The number of nitrogens with one attached hydrogen (secondary N) is 1. The zero-order valence-corrected chi connectivity index (χ0v) is 22.3. The lowest BCUT2D eigenvalue weighted by Gasteiger charge is -2.35. The van der Waals surface area contributed by atoms with Crippen molar-refractivity contribution in [1.82, 2.24) is 5.32 Å². The maximum Gasteiger partial charge on any atom is 0.00721 e. The van der Waals surface area contributed by atoms with Crippen LogP contribution in [0.15, 0.2) is 0 Å². The van der Waals surface area contributed by atoms with Crippen molar-refractivity contribution in [3.05, 3.63) is 0 Å². The van der Waals surface area contributed by atoms with Gasteiger partial charge in [0.15, 0.2) is 0 Å². The summed E-state index contributed by atoms with van der Waals surface area (Å²) in [6, 6.07) is 1.45. The van der Waals surface area contributed by atoms with E-state index in [1.807, 2.05) is 0 Å². The first-order chi connectivity index (χ1) is 14.3. The van der Waals surface area contributed by atoms with Crippen LogP contribution in [0.1, 0.15) is 139 Å². The Kier molecular flexibility index (Phi) is 14.7. The van der Waals surface area contributed by atoms with Gasteiger partial charge in [-0.2, -0.15) is 0 Å². The molecule has 1 aliphatic carbocycles. The Balaban J connectivity index is 2.63. The maximum atomic E-state index is 4.06. The molecule has 0 amide bonds. The molecule has 1 saturated carbocycles. The minimum absolute atomic E-state index is 0.675. The zero-order chi connectivity index (χ0) is 22.5. The van der Waals surface area contributed by atoms with Gasteiger partial charge in [-0.25, -0.2) is 0 Å². The minimum Gasteiger partial charge on any atom is -0.311 e. The van der Waals surface area contributed by atoms with E-state index in [1.165, 1.54) is 83.5 Å². The van der Waals surface area contributed by atoms with Gasteiger partial charge in [0, 0.05) is 12.1 Å². The summed E-state index contributed by atoms with van der Waals surface area (Å²) in [5, 5.41) is 4.06. The third-order valence-corrected chi connectivity index (χ3v) is 8.30. The highest BCUT2D eigenvalue weighted by Gasteiger charge is 2.27. The van der Waals surface area contributed by atoms with Crippen LogP contribution < -0.4 is 5.32 Å². The van der Waals surface area contributed by atoms with Crippen molar-refractivity contribution in [3.63, 3.8) is 0 Å². The molecule has 1 heteroatoms. The van der Waals surface area contributed by atoms with Crippen LogP contribution in [0, 0.1) is 35.5 Å². The van der Waals surface area contributed by atoms with Gasteiger partial charge in [0.05, 0.1) is 0 Å². The molecule has 1 nitrogen and oxygen atoms in total. The molecule has 0 aromatic carbocycles. The predicted octanol–water partition coefficient (Wildman–Crippen LogP) is 9.25. The summed E-state index contributed by atoms with van der Waals surface area (Å²) in [6.45, 7) is 19.5. The average molecular weight is 422 g/mol. The topological polar surface area (TPSA) is 12.0 Å². The van der Waals surface area contributed by atoms with Crippen molar-refractivity contribution < 1.29 is 0 Å². The zero-order valence-electron chi connectivity index (χ0n) is 22.3. The Morgan fingerprint density at radius 2 is 1.47 bits per heavy atom. The fraction of sp³-hybridized carbons (Fsp3) is 1.00. The molecule has 1 N–H and O–H groups in total. The smallest absolute Gasteiger partial charge is 0.00721 e. The van der Waals surface area contributed by atoms with Crippen LogP contribution in [-0.4, -0.2) is 12.1 Å². The van der Waals surface area contributed by atoms with Crippen molar-refractivity contribution >= 4 is 0 Å². The minimum atomic E-state index is 0.675. The fourth-order valence-corrected chi connectivity index (χ4v) is 6.36. The molecule has 0 spiro atoms. The maximum absolute atomic E-state index is 4.06. The molecule has 7 atom stereocenters. The van der Waals surface area contributed by atoms with Gasteiger partial charge in [0.2, 0.25) is 0 Å². The number of hydrogen-bond donors (Lipinski definition) is 1. The molecule has 30 heavy (non-hydrogen) atoms. The summed E-state index contributed by atoms with van der Waals surface area (Å²) in [5.74, 6) is 5.34. The van der Waals surface area contributed by atoms with Crippen LogP contribution in [0.3, 0.4) is 0 Å². The fourth-order valence-electron chi connectivity index (χ4n) is 6.36. The van der Waals surface area contributed by atoms with E-state index in [9.17, 15) is 0 Å². The summed E-state index contributed by atoms with van der Waals surface area (Å²) in [4.78, 5) is 0. The Morgan fingerprint density at radius 1 is 0.800 bits per heavy atom. The number of unbranched alkanes of at least 4 members (excludes halogenated alkanes) is 1. The van der Waals surface area contributed by atoms with Crippen molar-refractivity contribution in [3.8, 4) is 0 Å². The normalized spacial score (nSPS) is 25.1. The van der Waals surface area contributed by atoms with Crippen LogP contribution >= 0.6 is 0 Å². The number of rotatable bonds is 16. The Hall–Kier alpha value is -0.0400. The van der Waals surface area contributed by atoms with E-state index in [1.54, 1.807) is 0 Å². The van der Waals surface area contributed by atoms with Gasteiger partial charge in [-0.05, 0) is 81.0 Å². The lowest BCUT2D eigenvalue weighted by atomic mass is 9.74. The Labute approximate surface area is 192 Å². The van der Waals surface area contributed by atoms with Gasteiger partial charge in [-0.3, -0.25) is 0 Å². The van der Waals surface area contributed by atoms with Crippen LogP contribution in [0.5, 0.6) is 0 Å². The Morgan fingerprint density at radius 3 is 2.03 bits per heavy atom. The molecule has 1 aliphatic rings. The molecule has 0 saturated heterocycles. The van der Waals surface area contributed by atoms with Crippen molar-refractivity contribution in [2.24, 2.45) is 35.5 Å². The van der Waals surface area contributed by atoms with Crippen molar-refractivity contribution in [1.29, 1.82) is 0 Å². The SMILES string of the molecule is CCCCC(C)CC(CC)C(CCC(CC)C(C)NC1CCCC(C)C1)CC(C)C. The van der Waals surface area contributed by atoms with Gasteiger partial charge in [0.25, 0.3) is 0 Å². The standard InChI is InChI=1S/C29H59N/c1-9-12-14-23(6)20-27(11-3)28(19-22(4)5)18-17-26(10-2)25(8)30-29-16-13-15-24(7)21-29/h22-30H,9-21H2,1-8H3. The van der Waals surface area contributed by atoms with Gasteiger partial charge in [0.1, 0.15) is 0 Å². The average Bonchev–Trinajstić information content (AvgIpc) is 2.69. The van der Waals surface area contributed by atoms with Gasteiger partial charge < -0.3 is 5.32 Å². The highest BCUT2D eigenvalue weighted by Crippen LogP contribution is 2.35. The van der Waals surface area contributed by atoms with E-state index in [-0.39, 0.29) is 0 Å². The third-order valence-electron chi connectivity index (χ3n) is 8.30. The van der Waals surface area contributed by atoms with Gasteiger partial charge >= 0.3 is 0 Å². The second-order valence-corrected chi connectivity index (χ2v) is 11.7. The molecule has 0 bridgehead atoms. The highest BCUT2D eigenvalue weighted by molar-refractivity contribution is 4.82. The van der Waals surface area contributed by atoms with Crippen molar-refractivity contribution in [2.75, 3.05) is 0 Å². The molecule has 0 aliphatic heterocycles. The van der Waals surface area contributed by atoms with Gasteiger partial charge in [-0.15, -0.1) is 0 Å². The third kappa shape index (κ3) is 11.0. The van der Waals surface area contributed by atoms with Gasteiger partial charge in [-0.1, -0.05) is 93.4 Å².